The Labute approximate surface area is 107 Å². The second-order valence-electron chi connectivity index (χ2n) is 4.88. The van der Waals surface area contributed by atoms with Gasteiger partial charge in [0.05, 0.1) is 11.8 Å². The molecule has 1 aromatic carbocycles. The Balaban J connectivity index is 2.17. The number of rotatable bonds is 5. The molecule has 0 aliphatic rings. The van der Waals surface area contributed by atoms with Crippen LogP contribution in [0.1, 0.15) is 26.7 Å². The summed E-state index contributed by atoms with van der Waals surface area (Å²) in [5.74, 6) is 0.726. The van der Waals surface area contributed by atoms with E-state index in [0.717, 1.165) is 29.4 Å². The summed E-state index contributed by atoms with van der Waals surface area (Å²) in [5.41, 5.74) is -0.715. The number of fused-ring (bicyclic) bond motifs is 1. The summed E-state index contributed by atoms with van der Waals surface area (Å²) in [6, 6.07) is 7.95. The standard InChI is InChI=1S/C14H19N3O/c1-3-8-14(2,18)10-15-13-12-7-5-4-6-11(12)9-16-17-13/h4-7,9,18H,3,8,10H2,1-2H3,(H,15,17). The van der Waals surface area contributed by atoms with Crippen LogP contribution in [0.2, 0.25) is 0 Å². The van der Waals surface area contributed by atoms with Gasteiger partial charge in [0.25, 0.3) is 0 Å². The lowest BCUT2D eigenvalue weighted by molar-refractivity contribution is 0.0636. The van der Waals surface area contributed by atoms with E-state index >= 15 is 0 Å². The van der Waals surface area contributed by atoms with Crippen LogP contribution in [-0.2, 0) is 0 Å². The van der Waals surface area contributed by atoms with Gasteiger partial charge in [-0.15, -0.1) is 5.10 Å². The van der Waals surface area contributed by atoms with Crippen LogP contribution < -0.4 is 5.32 Å². The molecule has 4 nitrogen and oxygen atoms in total. The first-order chi connectivity index (χ1) is 8.62. The molecule has 0 aliphatic carbocycles. The average Bonchev–Trinajstić information content (AvgIpc) is 2.36. The number of benzene rings is 1. The van der Waals surface area contributed by atoms with E-state index in [2.05, 4.69) is 22.4 Å². The van der Waals surface area contributed by atoms with Crippen molar-refractivity contribution in [2.24, 2.45) is 0 Å². The molecule has 0 amide bonds. The molecule has 0 radical (unpaired) electrons. The molecule has 0 fully saturated rings. The van der Waals surface area contributed by atoms with Gasteiger partial charge in [-0.3, -0.25) is 0 Å². The molecular weight excluding hydrogens is 226 g/mol. The fourth-order valence-corrected chi connectivity index (χ4v) is 2.06. The van der Waals surface area contributed by atoms with Gasteiger partial charge >= 0.3 is 0 Å². The molecule has 2 N–H and O–H groups in total. The Morgan fingerprint density at radius 3 is 2.89 bits per heavy atom. The van der Waals surface area contributed by atoms with E-state index in [9.17, 15) is 5.11 Å². The number of hydrogen-bond acceptors (Lipinski definition) is 4. The van der Waals surface area contributed by atoms with E-state index < -0.39 is 5.60 Å². The topological polar surface area (TPSA) is 58.0 Å². The number of nitrogens with one attached hydrogen (secondary N) is 1. The van der Waals surface area contributed by atoms with E-state index in [0.29, 0.717) is 6.54 Å². The molecule has 18 heavy (non-hydrogen) atoms. The predicted molar refractivity (Wildman–Crippen MR) is 73.6 cm³/mol. The third-order valence-electron chi connectivity index (χ3n) is 3.00. The molecule has 2 rings (SSSR count). The van der Waals surface area contributed by atoms with Gasteiger partial charge in [-0.05, 0) is 13.3 Å². The molecule has 0 aliphatic heterocycles. The molecule has 1 aromatic heterocycles. The first-order valence-electron chi connectivity index (χ1n) is 6.29. The van der Waals surface area contributed by atoms with Crippen LogP contribution in [0.25, 0.3) is 10.8 Å². The smallest absolute Gasteiger partial charge is 0.156 e. The Morgan fingerprint density at radius 2 is 2.11 bits per heavy atom. The molecule has 0 bridgehead atoms. The Kier molecular flexibility index (Phi) is 3.77. The fourth-order valence-electron chi connectivity index (χ4n) is 2.06. The molecule has 4 heteroatoms. The van der Waals surface area contributed by atoms with Crippen LogP contribution in [0.4, 0.5) is 5.82 Å². The summed E-state index contributed by atoms with van der Waals surface area (Å²) < 4.78 is 0. The Morgan fingerprint density at radius 1 is 1.33 bits per heavy atom. The molecule has 1 unspecified atom stereocenters. The molecule has 0 saturated heterocycles. The van der Waals surface area contributed by atoms with Crippen molar-refractivity contribution in [2.75, 3.05) is 11.9 Å². The second kappa shape index (κ2) is 5.31. The van der Waals surface area contributed by atoms with Crippen molar-refractivity contribution in [1.29, 1.82) is 0 Å². The molecule has 1 atom stereocenters. The van der Waals surface area contributed by atoms with Gasteiger partial charge in [-0.1, -0.05) is 37.6 Å². The quantitative estimate of drug-likeness (QED) is 0.850. The van der Waals surface area contributed by atoms with Crippen molar-refractivity contribution in [3.8, 4) is 0 Å². The lowest BCUT2D eigenvalue weighted by atomic mass is 10.0. The predicted octanol–water partition coefficient (Wildman–Crippen LogP) is 2.59. The van der Waals surface area contributed by atoms with Crippen LogP contribution >= 0.6 is 0 Å². The molecule has 1 heterocycles. The van der Waals surface area contributed by atoms with Crippen LogP contribution in [0.5, 0.6) is 0 Å². The van der Waals surface area contributed by atoms with Crippen molar-refractivity contribution in [3.63, 3.8) is 0 Å². The number of hydrogen-bond donors (Lipinski definition) is 2. The number of nitrogens with zero attached hydrogens (tertiary/aromatic N) is 2. The zero-order valence-electron chi connectivity index (χ0n) is 10.8. The Hall–Kier alpha value is -1.68. The zero-order valence-corrected chi connectivity index (χ0v) is 10.8. The zero-order chi connectivity index (χ0) is 13.0. The van der Waals surface area contributed by atoms with Crippen molar-refractivity contribution in [2.45, 2.75) is 32.3 Å². The van der Waals surface area contributed by atoms with Crippen molar-refractivity contribution >= 4 is 16.6 Å². The minimum Gasteiger partial charge on any atom is -0.388 e. The van der Waals surface area contributed by atoms with Gasteiger partial charge < -0.3 is 10.4 Å². The van der Waals surface area contributed by atoms with E-state index in [1.807, 2.05) is 31.2 Å². The lowest BCUT2D eigenvalue weighted by Crippen LogP contribution is -2.33. The van der Waals surface area contributed by atoms with Crippen LogP contribution in [0, 0.1) is 0 Å². The van der Waals surface area contributed by atoms with E-state index in [1.54, 1.807) is 6.20 Å². The van der Waals surface area contributed by atoms with Gasteiger partial charge in [-0.2, -0.15) is 5.10 Å². The summed E-state index contributed by atoms with van der Waals surface area (Å²) >= 11 is 0. The molecule has 0 spiro atoms. The maximum Gasteiger partial charge on any atom is 0.156 e. The monoisotopic (exact) mass is 245 g/mol. The van der Waals surface area contributed by atoms with E-state index in [1.165, 1.54) is 0 Å². The molecule has 2 aromatic rings. The third kappa shape index (κ3) is 2.96. The van der Waals surface area contributed by atoms with Gasteiger partial charge in [0, 0.05) is 17.3 Å². The number of anilines is 1. The maximum absolute atomic E-state index is 10.1. The van der Waals surface area contributed by atoms with Crippen LogP contribution in [0.3, 0.4) is 0 Å². The second-order valence-corrected chi connectivity index (χ2v) is 4.88. The SMILES string of the molecule is CCCC(C)(O)CNc1nncc2ccccc12. The number of aliphatic hydroxyl groups is 1. The van der Waals surface area contributed by atoms with Crippen molar-refractivity contribution < 1.29 is 5.11 Å². The minimum absolute atomic E-state index is 0.476. The summed E-state index contributed by atoms with van der Waals surface area (Å²) in [5, 5.41) is 23.5. The first-order valence-corrected chi connectivity index (χ1v) is 6.29. The molecule has 96 valence electrons. The van der Waals surface area contributed by atoms with Gasteiger partial charge in [0.15, 0.2) is 5.82 Å². The largest absolute Gasteiger partial charge is 0.388 e. The van der Waals surface area contributed by atoms with Crippen molar-refractivity contribution in [1.82, 2.24) is 10.2 Å². The highest BCUT2D eigenvalue weighted by atomic mass is 16.3. The van der Waals surface area contributed by atoms with E-state index in [-0.39, 0.29) is 0 Å². The maximum atomic E-state index is 10.1. The summed E-state index contributed by atoms with van der Waals surface area (Å²) in [7, 11) is 0. The average molecular weight is 245 g/mol. The minimum atomic E-state index is -0.715. The molecule has 0 saturated carbocycles. The van der Waals surface area contributed by atoms with Crippen molar-refractivity contribution in [3.05, 3.63) is 30.5 Å². The van der Waals surface area contributed by atoms with Gasteiger partial charge in [0.2, 0.25) is 0 Å². The number of aromatic nitrogens is 2. The van der Waals surface area contributed by atoms with Crippen LogP contribution in [-0.4, -0.2) is 27.4 Å². The Bertz CT molecular complexity index is 520. The normalized spacial score (nSPS) is 14.4. The highest BCUT2D eigenvalue weighted by Gasteiger charge is 2.19. The van der Waals surface area contributed by atoms with Gasteiger partial charge in [0.1, 0.15) is 0 Å². The summed E-state index contributed by atoms with van der Waals surface area (Å²) in [6.45, 7) is 4.37. The molecular formula is C14H19N3O. The van der Waals surface area contributed by atoms with E-state index in [4.69, 9.17) is 0 Å². The summed E-state index contributed by atoms with van der Waals surface area (Å²) in [4.78, 5) is 0. The third-order valence-corrected chi connectivity index (χ3v) is 3.00. The van der Waals surface area contributed by atoms with Crippen LogP contribution in [0.15, 0.2) is 30.5 Å². The lowest BCUT2D eigenvalue weighted by Gasteiger charge is -2.23. The van der Waals surface area contributed by atoms with Gasteiger partial charge in [-0.25, -0.2) is 0 Å². The highest BCUT2D eigenvalue weighted by Crippen LogP contribution is 2.20. The summed E-state index contributed by atoms with van der Waals surface area (Å²) in [6.07, 6.45) is 3.46. The first kappa shape index (κ1) is 12.8. The highest BCUT2D eigenvalue weighted by molar-refractivity contribution is 5.90. The fraction of sp³-hybridized carbons (Fsp3) is 0.429.